The highest BCUT2D eigenvalue weighted by Gasteiger charge is 2.33. The highest BCUT2D eigenvalue weighted by atomic mass is 16.5. The molecule has 1 aliphatic carbocycles. The molecule has 0 aliphatic heterocycles. The molecule has 2 amide bonds. The summed E-state index contributed by atoms with van der Waals surface area (Å²) < 4.78 is 5.35. The quantitative estimate of drug-likeness (QED) is 0.253. The van der Waals surface area contributed by atoms with Gasteiger partial charge in [-0.05, 0) is 59.9 Å². The summed E-state index contributed by atoms with van der Waals surface area (Å²) in [5, 5.41) is 4.33. The Morgan fingerprint density at radius 2 is 1.66 bits per heavy atom. The molecule has 7 heteroatoms. The number of H-pyrrole nitrogens is 1. The smallest absolute Gasteiger partial charge is 0.247 e. The second kappa shape index (κ2) is 12.9. The Morgan fingerprint density at radius 3 is 2.34 bits per heavy atom. The summed E-state index contributed by atoms with van der Waals surface area (Å²) in [6.07, 6.45) is 7.46. The molecule has 1 unspecified atom stereocenters. The molecule has 3 aromatic carbocycles. The molecule has 1 heterocycles. The highest BCUT2D eigenvalue weighted by molar-refractivity contribution is 5.92. The minimum absolute atomic E-state index is 0.106. The van der Waals surface area contributed by atoms with Gasteiger partial charge in [-0.25, -0.2) is 0 Å². The molecule has 1 fully saturated rings. The number of anilines is 1. The SMILES string of the molecule is COc1ccc(CN(C(=O)Cc2c[nH]c3ccccc23)C(C(=O)NC2CCCCC2)c2ccc(N(C)C)cc2)cc1. The molecule has 1 atom stereocenters. The van der Waals surface area contributed by atoms with Gasteiger partial charge in [0.2, 0.25) is 11.8 Å². The van der Waals surface area contributed by atoms with E-state index in [4.69, 9.17) is 4.74 Å². The van der Waals surface area contributed by atoms with E-state index in [9.17, 15) is 9.59 Å². The second-order valence-electron chi connectivity index (χ2n) is 11.1. The van der Waals surface area contributed by atoms with Crippen molar-refractivity contribution in [2.75, 3.05) is 26.1 Å². The van der Waals surface area contributed by atoms with E-state index >= 15 is 0 Å². The number of nitrogens with zero attached hydrogens (tertiary/aromatic N) is 2. The predicted octanol–water partition coefficient (Wildman–Crippen LogP) is 6.00. The number of nitrogens with one attached hydrogen (secondary N) is 2. The van der Waals surface area contributed by atoms with Gasteiger partial charge in [0.15, 0.2) is 0 Å². The summed E-state index contributed by atoms with van der Waals surface area (Å²) in [6, 6.07) is 23.0. The number of hydrogen-bond donors (Lipinski definition) is 2. The molecule has 0 bridgehead atoms. The van der Waals surface area contributed by atoms with Crippen LogP contribution in [-0.2, 0) is 22.6 Å². The summed E-state index contributed by atoms with van der Waals surface area (Å²) in [6.45, 7) is 0.295. The Morgan fingerprint density at radius 1 is 0.951 bits per heavy atom. The maximum Gasteiger partial charge on any atom is 0.247 e. The van der Waals surface area contributed by atoms with Crippen LogP contribution in [0.5, 0.6) is 5.75 Å². The van der Waals surface area contributed by atoms with Crippen LogP contribution in [0, 0.1) is 0 Å². The predicted molar refractivity (Wildman–Crippen MR) is 164 cm³/mol. The number of aromatic nitrogens is 1. The Balaban J connectivity index is 1.52. The van der Waals surface area contributed by atoms with Gasteiger partial charge in [-0.3, -0.25) is 9.59 Å². The molecule has 5 rings (SSSR count). The lowest BCUT2D eigenvalue weighted by Gasteiger charge is -2.34. The van der Waals surface area contributed by atoms with Crippen LogP contribution < -0.4 is 15.0 Å². The third kappa shape index (κ3) is 6.73. The fourth-order valence-electron chi connectivity index (χ4n) is 5.75. The lowest BCUT2D eigenvalue weighted by atomic mass is 9.94. The maximum absolute atomic E-state index is 14.3. The van der Waals surface area contributed by atoms with Crippen molar-refractivity contribution >= 4 is 28.4 Å². The fraction of sp³-hybridized carbons (Fsp3) is 0.353. The molecular weight excluding hydrogens is 512 g/mol. The van der Waals surface area contributed by atoms with Crippen LogP contribution >= 0.6 is 0 Å². The van der Waals surface area contributed by atoms with Crippen LogP contribution in [0.2, 0.25) is 0 Å². The van der Waals surface area contributed by atoms with Crippen LogP contribution in [0.25, 0.3) is 10.9 Å². The van der Waals surface area contributed by atoms with E-state index in [1.54, 1.807) is 12.0 Å². The molecule has 0 saturated heterocycles. The number of methoxy groups -OCH3 is 1. The minimum atomic E-state index is -0.770. The zero-order valence-electron chi connectivity index (χ0n) is 24.2. The maximum atomic E-state index is 14.3. The zero-order valence-corrected chi connectivity index (χ0v) is 24.2. The Labute approximate surface area is 242 Å². The number of aromatic amines is 1. The van der Waals surface area contributed by atoms with Gasteiger partial charge in [0.05, 0.1) is 13.5 Å². The summed E-state index contributed by atoms with van der Waals surface area (Å²) in [4.78, 5) is 35.5. The molecule has 1 saturated carbocycles. The fourth-order valence-corrected chi connectivity index (χ4v) is 5.75. The molecule has 1 aromatic heterocycles. The van der Waals surface area contributed by atoms with Crippen molar-refractivity contribution in [3.05, 3.63) is 95.7 Å². The average Bonchev–Trinajstić information content (AvgIpc) is 3.40. The number of hydrogen-bond acceptors (Lipinski definition) is 4. The first kappa shape index (κ1) is 28.3. The van der Waals surface area contributed by atoms with E-state index in [0.717, 1.165) is 64.7 Å². The third-order valence-corrected chi connectivity index (χ3v) is 8.09. The van der Waals surface area contributed by atoms with Crippen LogP contribution in [0.4, 0.5) is 5.69 Å². The van der Waals surface area contributed by atoms with Gasteiger partial charge in [-0.15, -0.1) is 0 Å². The van der Waals surface area contributed by atoms with E-state index in [2.05, 4.69) is 10.3 Å². The Hall–Kier alpha value is -4.26. The summed E-state index contributed by atoms with van der Waals surface area (Å²) in [7, 11) is 5.61. The van der Waals surface area contributed by atoms with Crippen molar-refractivity contribution in [3.8, 4) is 5.75 Å². The first-order valence-corrected chi connectivity index (χ1v) is 14.5. The molecule has 0 spiro atoms. The van der Waals surface area contributed by atoms with E-state index in [0.29, 0.717) is 6.54 Å². The average molecular weight is 553 g/mol. The monoisotopic (exact) mass is 552 g/mol. The molecule has 214 valence electrons. The number of para-hydroxylation sites is 1. The lowest BCUT2D eigenvalue weighted by Crippen LogP contribution is -2.47. The molecular formula is C34H40N4O3. The number of ether oxygens (including phenoxy) is 1. The third-order valence-electron chi connectivity index (χ3n) is 8.09. The van der Waals surface area contributed by atoms with Gasteiger partial charge in [0.1, 0.15) is 11.8 Å². The van der Waals surface area contributed by atoms with Gasteiger partial charge in [-0.2, -0.15) is 0 Å². The number of amides is 2. The normalized spacial score (nSPS) is 14.4. The van der Waals surface area contributed by atoms with Gasteiger partial charge in [0.25, 0.3) is 0 Å². The molecule has 4 aromatic rings. The van der Waals surface area contributed by atoms with E-state index in [1.807, 2.05) is 98.0 Å². The Kier molecular flexibility index (Phi) is 8.92. The summed E-state index contributed by atoms with van der Waals surface area (Å²) in [5.74, 6) is 0.512. The highest BCUT2D eigenvalue weighted by Crippen LogP contribution is 2.29. The molecule has 2 N–H and O–H groups in total. The number of benzene rings is 3. The van der Waals surface area contributed by atoms with E-state index < -0.39 is 6.04 Å². The van der Waals surface area contributed by atoms with Crippen molar-refractivity contribution in [1.29, 1.82) is 0 Å². The second-order valence-corrected chi connectivity index (χ2v) is 11.1. The van der Waals surface area contributed by atoms with Crippen molar-refractivity contribution in [2.45, 2.75) is 57.2 Å². The molecule has 41 heavy (non-hydrogen) atoms. The number of carbonyl (C=O) groups is 2. The summed E-state index contributed by atoms with van der Waals surface area (Å²) >= 11 is 0. The standard InChI is InChI=1S/C34H40N4O3/c1-37(2)28-17-15-25(16-18-28)33(34(40)36-27-9-5-4-6-10-27)38(23-24-13-19-29(41-3)20-14-24)32(39)21-26-22-35-31-12-8-7-11-30(26)31/h7-8,11-20,22,27,33,35H,4-6,9-10,21,23H2,1-3H3,(H,36,40). The topological polar surface area (TPSA) is 77.7 Å². The first-order valence-electron chi connectivity index (χ1n) is 14.5. The largest absolute Gasteiger partial charge is 0.497 e. The van der Waals surface area contributed by atoms with Crippen LogP contribution in [0.1, 0.15) is 54.8 Å². The van der Waals surface area contributed by atoms with Gasteiger partial charge >= 0.3 is 0 Å². The van der Waals surface area contributed by atoms with Crippen molar-refractivity contribution in [2.24, 2.45) is 0 Å². The summed E-state index contributed by atoms with van der Waals surface area (Å²) in [5.41, 5.74) is 4.66. The van der Waals surface area contributed by atoms with E-state index in [1.165, 1.54) is 6.42 Å². The number of fused-ring (bicyclic) bond motifs is 1. The molecule has 1 aliphatic rings. The first-order chi connectivity index (χ1) is 19.9. The minimum Gasteiger partial charge on any atom is -0.497 e. The van der Waals surface area contributed by atoms with E-state index in [-0.39, 0.29) is 24.3 Å². The van der Waals surface area contributed by atoms with Crippen LogP contribution in [0.3, 0.4) is 0 Å². The Bertz CT molecular complexity index is 1450. The van der Waals surface area contributed by atoms with Gasteiger partial charge in [0, 0.05) is 49.5 Å². The number of rotatable bonds is 10. The van der Waals surface area contributed by atoms with Crippen LogP contribution in [0.15, 0.2) is 79.0 Å². The molecule has 0 radical (unpaired) electrons. The van der Waals surface area contributed by atoms with Gasteiger partial charge < -0.3 is 24.8 Å². The number of carbonyl (C=O) groups excluding carboxylic acids is 2. The van der Waals surface area contributed by atoms with Crippen molar-refractivity contribution < 1.29 is 14.3 Å². The van der Waals surface area contributed by atoms with Crippen molar-refractivity contribution in [1.82, 2.24) is 15.2 Å². The van der Waals surface area contributed by atoms with Crippen LogP contribution in [-0.4, -0.2) is 48.9 Å². The molecule has 7 nitrogen and oxygen atoms in total. The van der Waals surface area contributed by atoms with Crippen molar-refractivity contribution in [3.63, 3.8) is 0 Å². The van der Waals surface area contributed by atoms with Gasteiger partial charge in [-0.1, -0.05) is 61.7 Å². The zero-order chi connectivity index (χ0) is 28.8. The lowest BCUT2D eigenvalue weighted by molar-refractivity contribution is -0.141.